The van der Waals surface area contributed by atoms with Crippen LogP contribution in [0.5, 0.6) is 5.75 Å². The Morgan fingerprint density at radius 1 is 1.43 bits per heavy atom. The summed E-state index contributed by atoms with van der Waals surface area (Å²) < 4.78 is 4.70. The largest absolute Gasteiger partial charge is 0.478 e. The molecular formula is C9H9NO4. The summed E-state index contributed by atoms with van der Waals surface area (Å²) >= 11 is 0. The van der Waals surface area contributed by atoms with E-state index in [0.29, 0.717) is 0 Å². The minimum atomic E-state index is -1.16. The molecular weight excluding hydrogens is 186 g/mol. The number of ether oxygens (including phenoxy) is 1. The van der Waals surface area contributed by atoms with Crippen LogP contribution in [0.15, 0.2) is 18.2 Å². The predicted molar refractivity (Wildman–Crippen MR) is 49.1 cm³/mol. The van der Waals surface area contributed by atoms with Crippen LogP contribution < -0.4 is 10.5 Å². The number of nitrogens with two attached hydrogens (primary N) is 1. The number of carbonyl (C=O) groups is 2. The molecule has 0 saturated carbocycles. The van der Waals surface area contributed by atoms with Crippen LogP contribution >= 0.6 is 0 Å². The third-order valence-electron chi connectivity index (χ3n) is 1.52. The highest BCUT2D eigenvalue weighted by Crippen LogP contribution is 2.19. The summed E-state index contributed by atoms with van der Waals surface area (Å²) in [4.78, 5) is 21.2. The second-order valence-corrected chi connectivity index (χ2v) is 2.65. The van der Waals surface area contributed by atoms with Crippen molar-refractivity contribution in [3.05, 3.63) is 23.8 Å². The standard InChI is InChI=1S/C9H9NO4/c1-5(11)14-6-2-3-8(10)7(4-6)9(12)13/h2-4H,10H2,1H3,(H,12,13). The highest BCUT2D eigenvalue weighted by molar-refractivity contribution is 5.94. The van der Waals surface area contributed by atoms with Gasteiger partial charge in [-0.05, 0) is 18.2 Å². The van der Waals surface area contributed by atoms with Gasteiger partial charge in [0, 0.05) is 12.6 Å². The first-order valence-corrected chi connectivity index (χ1v) is 3.82. The lowest BCUT2D eigenvalue weighted by atomic mass is 10.2. The summed E-state index contributed by atoms with van der Waals surface area (Å²) in [5.74, 6) is -1.49. The van der Waals surface area contributed by atoms with Crippen molar-refractivity contribution in [2.45, 2.75) is 6.92 Å². The molecule has 5 heteroatoms. The first kappa shape index (κ1) is 10.0. The molecule has 0 aromatic heterocycles. The zero-order valence-electron chi connectivity index (χ0n) is 7.48. The Morgan fingerprint density at radius 2 is 2.07 bits per heavy atom. The fraction of sp³-hybridized carbons (Fsp3) is 0.111. The first-order chi connectivity index (χ1) is 6.50. The van der Waals surface area contributed by atoms with Crippen LogP contribution in [-0.2, 0) is 4.79 Å². The normalized spacial score (nSPS) is 9.50. The van der Waals surface area contributed by atoms with Gasteiger partial charge in [-0.25, -0.2) is 4.79 Å². The Morgan fingerprint density at radius 3 is 2.57 bits per heavy atom. The minimum absolute atomic E-state index is 0.0799. The molecule has 0 spiro atoms. The number of hydrogen-bond acceptors (Lipinski definition) is 4. The molecule has 0 aliphatic rings. The van der Waals surface area contributed by atoms with Crippen molar-refractivity contribution >= 4 is 17.6 Å². The van der Waals surface area contributed by atoms with Gasteiger partial charge >= 0.3 is 11.9 Å². The van der Waals surface area contributed by atoms with Gasteiger partial charge < -0.3 is 15.6 Å². The summed E-state index contributed by atoms with van der Waals surface area (Å²) in [7, 11) is 0. The molecule has 0 fully saturated rings. The van der Waals surface area contributed by atoms with E-state index >= 15 is 0 Å². The van der Waals surface area contributed by atoms with Gasteiger partial charge in [0.25, 0.3) is 0 Å². The van der Waals surface area contributed by atoms with E-state index < -0.39 is 11.9 Å². The van der Waals surface area contributed by atoms with E-state index in [0.717, 1.165) is 0 Å². The third-order valence-corrected chi connectivity index (χ3v) is 1.52. The van der Waals surface area contributed by atoms with Crippen LogP contribution in [0.3, 0.4) is 0 Å². The summed E-state index contributed by atoms with van der Waals surface area (Å²) in [6, 6.07) is 4.02. The Labute approximate surface area is 80.1 Å². The molecule has 0 aliphatic carbocycles. The average molecular weight is 195 g/mol. The van der Waals surface area contributed by atoms with Crippen LogP contribution in [0.4, 0.5) is 5.69 Å². The first-order valence-electron chi connectivity index (χ1n) is 3.82. The number of esters is 1. The van der Waals surface area contributed by atoms with Gasteiger partial charge in [-0.3, -0.25) is 4.79 Å². The van der Waals surface area contributed by atoms with Crippen LogP contribution in [0, 0.1) is 0 Å². The summed E-state index contributed by atoms with van der Waals surface area (Å²) in [5.41, 5.74) is 5.45. The number of aromatic carboxylic acids is 1. The van der Waals surface area contributed by atoms with E-state index in [1.807, 2.05) is 0 Å². The summed E-state index contributed by atoms with van der Waals surface area (Å²) in [6.07, 6.45) is 0. The molecule has 0 unspecified atom stereocenters. The zero-order valence-corrected chi connectivity index (χ0v) is 7.48. The van der Waals surface area contributed by atoms with Crippen LogP contribution in [-0.4, -0.2) is 17.0 Å². The average Bonchev–Trinajstić information content (AvgIpc) is 2.07. The summed E-state index contributed by atoms with van der Waals surface area (Å²) in [6.45, 7) is 1.23. The Balaban J connectivity index is 3.06. The number of carbonyl (C=O) groups excluding carboxylic acids is 1. The van der Waals surface area contributed by atoms with E-state index in [1.54, 1.807) is 0 Å². The lowest BCUT2D eigenvalue weighted by Gasteiger charge is -2.04. The van der Waals surface area contributed by atoms with Crippen molar-refractivity contribution < 1.29 is 19.4 Å². The second-order valence-electron chi connectivity index (χ2n) is 2.65. The number of benzene rings is 1. The van der Waals surface area contributed by atoms with Crippen molar-refractivity contribution in [2.75, 3.05) is 5.73 Å². The second kappa shape index (κ2) is 3.78. The molecule has 0 heterocycles. The van der Waals surface area contributed by atoms with Gasteiger partial charge in [-0.2, -0.15) is 0 Å². The van der Waals surface area contributed by atoms with E-state index in [2.05, 4.69) is 0 Å². The van der Waals surface area contributed by atoms with E-state index in [-0.39, 0.29) is 17.0 Å². The van der Waals surface area contributed by atoms with Crippen molar-refractivity contribution in [1.29, 1.82) is 0 Å². The van der Waals surface area contributed by atoms with Crippen molar-refractivity contribution in [1.82, 2.24) is 0 Å². The Hall–Kier alpha value is -2.04. The number of carboxylic acids is 1. The third kappa shape index (κ3) is 2.22. The zero-order chi connectivity index (χ0) is 10.7. The quantitative estimate of drug-likeness (QED) is 0.415. The number of hydrogen-bond donors (Lipinski definition) is 2. The van der Waals surface area contributed by atoms with Gasteiger partial charge in [0.2, 0.25) is 0 Å². The molecule has 0 atom stereocenters. The van der Waals surface area contributed by atoms with Gasteiger partial charge in [0.15, 0.2) is 0 Å². The molecule has 0 saturated heterocycles. The Bertz CT molecular complexity index is 386. The maximum absolute atomic E-state index is 10.6. The molecule has 0 radical (unpaired) electrons. The predicted octanol–water partition coefficient (Wildman–Crippen LogP) is 0.892. The lowest BCUT2D eigenvalue weighted by molar-refractivity contribution is -0.131. The molecule has 1 rings (SSSR count). The monoisotopic (exact) mass is 195 g/mol. The lowest BCUT2D eigenvalue weighted by Crippen LogP contribution is -2.05. The van der Waals surface area contributed by atoms with Gasteiger partial charge in [0.1, 0.15) is 5.75 Å². The molecule has 5 nitrogen and oxygen atoms in total. The van der Waals surface area contributed by atoms with Gasteiger partial charge in [0.05, 0.1) is 5.56 Å². The number of carboxylic acid groups (broad SMARTS) is 1. The van der Waals surface area contributed by atoms with E-state index in [9.17, 15) is 9.59 Å². The molecule has 74 valence electrons. The molecule has 0 bridgehead atoms. The maximum atomic E-state index is 10.6. The molecule has 1 aromatic carbocycles. The minimum Gasteiger partial charge on any atom is -0.478 e. The fourth-order valence-electron chi connectivity index (χ4n) is 0.950. The maximum Gasteiger partial charge on any atom is 0.337 e. The summed E-state index contributed by atoms with van der Waals surface area (Å²) in [5, 5.41) is 8.70. The fourth-order valence-corrected chi connectivity index (χ4v) is 0.950. The molecule has 0 aliphatic heterocycles. The SMILES string of the molecule is CC(=O)Oc1ccc(N)c(C(=O)O)c1. The Kier molecular flexibility index (Phi) is 2.71. The molecule has 0 amide bonds. The topological polar surface area (TPSA) is 89.6 Å². The van der Waals surface area contributed by atoms with Crippen LogP contribution in [0.25, 0.3) is 0 Å². The highest BCUT2D eigenvalue weighted by Gasteiger charge is 2.09. The number of nitrogen functional groups attached to an aromatic ring is 1. The highest BCUT2D eigenvalue weighted by atomic mass is 16.5. The molecule has 3 N–H and O–H groups in total. The van der Waals surface area contributed by atoms with Gasteiger partial charge in [-0.15, -0.1) is 0 Å². The smallest absolute Gasteiger partial charge is 0.337 e. The van der Waals surface area contributed by atoms with Crippen LogP contribution in [0.2, 0.25) is 0 Å². The molecule has 14 heavy (non-hydrogen) atoms. The number of anilines is 1. The molecule has 1 aromatic rings. The van der Waals surface area contributed by atoms with Crippen molar-refractivity contribution in [3.63, 3.8) is 0 Å². The van der Waals surface area contributed by atoms with E-state index in [1.165, 1.54) is 25.1 Å². The van der Waals surface area contributed by atoms with Crippen molar-refractivity contribution in [3.8, 4) is 5.75 Å². The number of rotatable bonds is 2. The van der Waals surface area contributed by atoms with E-state index in [4.69, 9.17) is 15.6 Å². The van der Waals surface area contributed by atoms with Gasteiger partial charge in [-0.1, -0.05) is 0 Å². The van der Waals surface area contributed by atoms with Crippen molar-refractivity contribution in [2.24, 2.45) is 0 Å². The van der Waals surface area contributed by atoms with Crippen LogP contribution in [0.1, 0.15) is 17.3 Å².